The van der Waals surface area contributed by atoms with Crippen molar-refractivity contribution >= 4 is 26.8 Å². The van der Waals surface area contributed by atoms with E-state index in [1.54, 1.807) is 6.07 Å². The lowest BCUT2D eigenvalue weighted by Gasteiger charge is -2.14. The molecule has 2 aromatic carbocycles. The van der Waals surface area contributed by atoms with Crippen molar-refractivity contribution in [1.82, 2.24) is 14.7 Å². The van der Waals surface area contributed by atoms with Crippen molar-refractivity contribution in [2.45, 2.75) is 51.0 Å². The number of fused-ring (bicyclic) bond motifs is 1. The van der Waals surface area contributed by atoms with Crippen LogP contribution in [0, 0.1) is 20.8 Å². The predicted octanol–water partition coefficient (Wildman–Crippen LogP) is 3.63. The van der Waals surface area contributed by atoms with Gasteiger partial charge in [0.05, 0.1) is 22.6 Å². The molecule has 1 saturated carbocycles. The van der Waals surface area contributed by atoms with Crippen molar-refractivity contribution in [3.63, 3.8) is 0 Å². The van der Waals surface area contributed by atoms with Crippen molar-refractivity contribution in [3.05, 3.63) is 69.3 Å². The number of benzene rings is 2. The van der Waals surface area contributed by atoms with Gasteiger partial charge in [-0.2, -0.15) is 4.98 Å². The van der Waals surface area contributed by atoms with Crippen LogP contribution in [0.5, 0.6) is 0 Å². The molecule has 0 saturated heterocycles. The van der Waals surface area contributed by atoms with E-state index in [0.717, 1.165) is 29.5 Å². The lowest BCUT2D eigenvalue weighted by atomic mass is 10.1. The first-order valence-electron chi connectivity index (χ1n) is 10.3. The third-order valence-electron chi connectivity index (χ3n) is 5.57. The van der Waals surface area contributed by atoms with Gasteiger partial charge in [-0.3, -0.25) is 9.29 Å². The highest BCUT2D eigenvalue weighted by atomic mass is 32.2. The van der Waals surface area contributed by atoms with Gasteiger partial charge >= 0.3 is 5.76 Å². The van der Waals surface area contributed by atoms with Crippen molar-refractivity contribution in [2.75, 3.05) is 4.72 Å². The van der Waals surface area contributed by atoms with E-state index in [-0.39, 0.29) is 17.0 Å². The SMILES string of the molecule is Cc1cc(C)c(NS(=O)(=O)c2ccc3c(c2)oc(=O)n3Cc2noc(C3CC3)n2)c(C)c1. The molecule has 2 heterocycles. The quantitative estimate of drug-likeness (QED) is 0.472. The van der Waals surface area contributed by atoms with E-state index < -0.39 is 15.8 Å². The minimum atomic E-state index is -3.89. The number of nitrogens with one attached hydrogen (secondary N) is 1. The van der Waals surface area contributed by atoms with Crippen LogP contribution in [0.3, 0.4) is 0 Å². The van der Waals surface area contributed by atoms with Crippen LogP contribution in [-0.2, 0) is 16.6 Å². The van der Waals surface area contributed by atoms with Crippen molar-refractivity contribution in [1.29, 1.82) is 0 Å². The Balaban J connectivity index is 1.46. The van der Waals surface area contributed by atoms with Gasteiger partial charge < -0.3 is 8.94 Å². The van der Waals surface area contributed by atoms with Gasteiger partial charge in [-0.15, -0.1) is 0 Å². The summed E-state index contributed by atoms with van der Waals surface area (Å²) in [6.07, 6.45) is 2.06. The fraction of sp³-hybridized carbons (Fsp3) is 0.318. The number of anilines is 1. The zero-order valence-electron chi connectivity index (χ0n) is 17.9. The summed E-state index contributed by atoms with van der Waals surface area (Å²) in [5.74, 6) is 0.656. The maximum absolute atomic E-state index is 13.0. The number of sulfonamides is 1. The average Bonchev–Trinajstić information content (AvgIpc) is 3.39. The van der Waals surface area contributed by atoms with Crippen LogP contribution in [0.15, 0.2) is 49.0 Å². The Morgan fingerprint density at radius 2 is 1.84 bits per heavy atom. The van der Waals surface area contributed by atoms with Gasteiger partial charge in [0.15, 0.2) is 11.4 Å². The molecule has 1 N–H and O–H groups in total. The van der Waals surface area contributed by atoms with E-state index >= 15 is 0 Å². The summed E-state index contributed by atoms with van der Waals surface area (Å²) in [5.41, 5.74) is 3.87. The molecular weight excluding hydrogens is 432 g/mol. The van der Waals surface area contributed by atoms with Gasteiger partial charge in [0.25, 0.3) is 10.0 Å². The second-order valence-electron chi connectivity index (χ2n) is 8.29. The van der Waals surface area contributed by atoms with Gasteiger partial charge in [0, 0.05) is 12.0 Å². The van der Waals surface area contributed by atoms with E-state index in [1.165, 1.54) is 16.7 Å². The van der Waals surface area contributed by atoms with E-state index in [2.05, 4.69) is 14.9 Å². The molecule has 0 unspecified atom stereocenters. The summed E-state index contributed by atoms with van der Waals surface area (Å²) in [7, 11) is -3.89. The Morgan fingerprint density at radius 3 is 2.53 bits per heavy atom. The molecule has 0 aliphatic heterocycles. The number of rotatable bonds is 6. The highest BCUT2D eigenvalue weighted by Gasteiger charge is 2.30. The standard InChI is InChI=1S/C22H22N4O5S/c1-12-8-13(2)20(14(3)9-12)25-32(28,29)16-6-7-17-18(10-16)30-22(27)26(17)11-19-23-21(31-24-19)15-4-5-15/h6-10,15,25H,4-5,11H2,1-3H3. The highest BCUT2D eigenvalue weighted by Crippen LogP contribution is 2.38. The molecule has 1 aliphatic carbocycles. The van der Waals surface area contributed by atoms with Gasteiger partial charge in [0.2, 0.25) is 5.89 Å². The molecule has 32 heavy (non-hydrogen) atoms. The summed E-state index contributed by atoms with van der Waals surface area (Å²) in [6.45, 7) is 5.74. The number of oxazole rings is 1. The Labute approximate surface area is 184 Å². The number of aromatic nitrogens is 3. The number of aryl methyl sites for hydroxylation is 3. The molecule has 10 heteroatoms. The van der Waals surface area contributed by atoms with Crippen molar-refractivity contribution < 1.29 is 17.4 Å². The predicted molar refractivity (Wildman–Crippen MR) is 117 cm³/mol. The fourth-order valence-electron chi connectivity index (χ4n) is 3.87. The second kappa shape index (κ2) is 7.33. The number of hydrogen-bond acceptors (Lipinski definition) is 7. The zero-order valence-corrected chi connectivity index (χ0v) is 18.7. The molecule has 0 atom stereocenters. The maximum atomic E-state index is 13.0. The summed E-state index contributed by atoms with van der Waals surface area (Å²) in [5, 5.41) is 3.93. The Hall–Kier alpha value is -3.40. The van der Waals surface area contributed by atoms with Crippen LogP contribution in [0.2, 0.25) is 0 Å². The monoisotopic (exact) mass is 454 g/mol. The lowest BCUT2D eigenvalue weighted by Crippen LogP contribution is -2.16. The topological polar surface area (TPSA) is 120 Å². The molecule has 1 aliphatic rings. The van der Waals surface area contributed by atoms with Crippen LogP contribution in [0.1, 0.15) is 47.2 Å². The Morgan fingerprint density at radius 1 is 1.12 bits per heavy atom. The largest absolute Gasteiger partial charge is 0.420 e. The minimum Gasteiger partial charge on any atom is -0.408 e. The second-order valence-corrected chi connectivity index (χ2v) is 9.97. The first kappa shape index (κ1) is 20.5. The third-order valence-corrected chi connectivity index (χ3v) is 6.92. The van der Waals surface area contributed by atoms with E-state index in [4.69, 9.17) is 8.94 Å². The molecule has 1 fully saturated rings. The molecule has 4 aromatic rings. The lowest BCUT2D eigenvalue weighted by molar-refractivity contribution is 0.372. The van der Waals surface area contributed by atoms with E-state index in [9.17, 15) is 13.2 Å². The molecule has 0 radical (unpaired) electrons. The summed E-state index contributed by atoms with van der Waals surface area (Å²) < 4.78 is 40.6. The molecule has 166 valence electrons. The van der Waals surface area contributed by atoms with Crippen LogP contribution >= 0.6 is 0 Å². The molecular formula is C22H22N4O5S. The number of hydrogen-bond donors (Lipinski definition) is 1. The minimum absolute atomic E-state index is 0.000792. The smallest absolute Gasteiger partial charge is 0.408 e. The molecule has 2 aromatic heterocycles. The number of nitrogens with zero attached hydrogens (tertiary/aromatic N) is 3. The van der Waals surface area contributed by atoms with Gasteiger partial charge in [-0.1, -0.05) is 22.9 Å². The van der Waals surface area contributed by atoms with Gasteiger partial charge in [-0.05, 0) is 56.9 Å². The first-order valence-corrected chi connectivity index (χ1v) is 11.8. The maximum Gasteiger partial charge on any atom is 0.420 e. The molecule has 0 bridgehead atoms. The Bertz CT molecular complexity index is 1490. The molecule has 0 amide bonds. The Kier molecular flexibility index (Phi) is 4.70. The molecule has 0 spiro atoms. The first-order chi connectivity index (χ1) is 15.2. The van der Waals surface area contributed by atoms with Crippen molar-refractivity contribution in [2.24, 2.45) is 0 Å². The van der Waals surface area contributed by atoms with Crippen LogP contribution < -0.4 is 10.5 Å². The highest BCUT2D eigenvalue weighted by molar-refractivity contribution is 7.92. The van der Waals surface area contributed by atoms with Gasteiger partial charge in [0.1, 0.15) is 0 Å². The summed E-state index contributed by atoms with van der Waals surface area (Å²) >= 11 is 0. The van der Waals surface area contributed by atoms with Crippen LogP contribution in [0.4, 0.5) is 5.69 Å². The van der Waals surface area contributed by atoms with Gasteiger partial charge in [-0.25, -0.2) is 13.2 Å². The molecule has 9 nitrogen and oxygen atoms in total. The third kappa shape index (κ3) is 3.70. The fourth-order valence-corrected chi connectivity index (χ4v) is 5.09. The molecule has 5 rings (SSSR count). The summed E-state index contributed by atoms with van der Waals surface area (Å²) in [4.78, 5) is 16.8. The average molecular weight is 455 g/mol. The van der Waals surface area contributed by atoms with Crippen molar-refractivity contribution in [3.8, 4) is 0 Å². The van der Waals surface area contributed by atoms with E-state index in [0.29, 0.717) is 28.8 Å². The normalized spacial score (nSPS) is 14.2. The van der Waals surface area contributed by atoms with E-state index in [1.807, 2.05) is 32.9 Å². The van der Waals surface area contributed by atoms with Crippen LogP contribution in [-0.4, -0.2) is 23.1 Å². The zero-order chi connectivity index (χ0) is 22.6. The van der Waals surface area contributed by atoms with Crippen LogP contribution in [0.25, 0.3) is 11.1 Å². The summed E-state index contributed by atoms with van der Waals surface area (Å²) in [6, 6.07) is 8.17.